The molecule has 1 aliphatic heterocycles. The smallest absolute Gasteiger partial charge is 0.417 e. The van der Waals surface area contributed by atoms with Crippen molar-refractivity contribution in [1.82, 2.24) is 4.90 Å². The predicted octanol–water partition coefficient (Wildman–Crippen LogP) is 10.3. The van der Waals surface area contributed by atoms with Crippen LogP contribution in [-0.2, 0) is 34.5 Å². The molecule has 0 saturated heterocycles. The quantitative estimate of drug-likeness (QED) is 0.240. The molecule has 6 nitrogen and oxygen atoms in total. The summed E-state index contributed by atoms with van der Waals surface area (Å²) in [6.07, 6.45) is -17.0. The van der Waals surface area contributed by atoms with Crippen LogP contribution in [0.5, 0.6) is 0 Å². The van der Waals surface area contributed by atoms with Crippen LogP contribution in [0.3, 0.4) is 0 Å². The number of alkyl halides is 9. The number of benzene rings is 3. The molecule has 1 saturated carbocycles. The molecule has 2 aliphatic rings. The van der Waals surface area contributed by atoms with Crippen LogP contribution in [0.4, 0.5) is 54.8 Å². The standard InChI is InChI=1S/C34H31F9N2O4/c1-18(2)49-31(47)45-26-12-11-22(32(35,36)37)15-23(26)28(16-27(45)20-9-10-20)44(30(46)48-3)17-19-13-24(33(38,39)40)29(21-7-5-4-6-8-21)25(14-19)34(41,42)43/h4-8,11-15,18,20,27-28H,9-10,16-17H2,1-3H3. The normalized spacial score (nSPS) is 18.3. The Morgan fingerprint density at radius 2 is 1.45 bits per heavy atom. The highest BCUT2D eigenvalue weighted by Crippen LogP contribution is 2.51. The fraction of sp³-hybridized carbons (Fsp3) is 0.412. The lowest BCUT2D eigenvalue weighted by Crippen LogP contribution is -2.50. The number of methoxy groups -OCH3 is 1. The molecular formula is C34H31F9N2O4. The lowest BCUT2D eigenvalue weighted by molar-refractivity contribution is -0.142. The Hall–Kier alpha value is -4.43. The first kappa shape index (κ1) is 35.9. The predicted molar refractivity (Wildman–Crippen MR) is 159 cm³/mol. The number of halogens is 9. The Balaban J connectivity index is 1.70. The molecule has 1 fully saturated rings. The van der Waals surface area contributed by atoms with E-state index in [1.54, 1.807) is 13.8 Å². The molecule has 0 bridgehead atoms. The summed E-state index contributed by atoms with van der Waals surface area (Å²) < 4.78 is 139. The maximum Gasteiger partial charge on any atom is 0.417 e. The number of rotatable bonds is 6. The first-order valence-electron chi connectivity index (χ1n) is 15.2. The Labute approximate surface area is 275 Å². The Bertz CT molecular complexity index is 1670. The van der Waals surface area contributed by atoms with Crippen molar-refractivity contribution in [3.05, 3.63) is 88.5 Å². The topological polar surface area (TPSA) is 59.1 Å². The first-order chi connectivity index (χ1) is 22.8. The van der Waals surface area contributed by atoms with Crippen molar-refractivity contribution >= 4 is 17.9 Å². The van der Waals surface area contributed by atoms with E-state index in [4.69, 9.17) is 9.47 Å². The van der Waals surface area contributed by atoms with Gasteiger partial charge in [0.1, 0.15) is 0 Å². The second-order valence-corrected chi connectivity index (χ2v) is 12.3. The van der Waals surface area contributed by atoms with Gasteiger partial charge in [-0.1, -0.05) is 30.3 Å². The molecule has 15 heteroatoms. The van der Waals surface area contributed by atoms with Gasteiger partial charge in [-0.3, -0.25) is 9.80 Å². The van der Waals surface area contributed by atoms with Crippen molar-refractivity contribution < 1.29 is 58.6 Å². The van der Waals surface area contributed by atoms with E-state index in [2.05, 4.69) is 0 Å². The van der Waals surface area contributed by atoms with Crippen molar-refractivity contribution in [3.63, 3.8) is 0 Å². The van der Waals surface area contributed by atoms with Crippen molar-refractivity contribution in [2.75, 3.05) is 12.0 Å². The molecule has 3 aromatic rings. The van der Waals surface area contributed by atoms with E-state index in [1.807, 2.05) is 0 Å². The van der Waals surface area contributed by atoms with Gasteiger partial charge in [0.2, 0.25) is 0 Å². The zero-order chi connectivity index (χ0) is 36.1. The number of carbonyl (C=O) groups excluding carboxylic acids is 2. The molecule has 2 atom stereocenters. The van der Waals surface area contributed by atoms with E-state index < -0.39 is 83.3 Å². The molecule has 2 amide bonds. The lowest BCUT2D eigenvalue weighted by atomic mass is 9.86. The minimum Gasteiger partial charge on any atom is -0.453 e. The van der Waals surface area contributed by atoms with Crippen LogP contribution in [0.25, 0.3) is 11.1 Å². The number of hydrogen-bond acceptors (Lipinski definition) is 4. The summed E-state index contributed by atoms with van der Waals surface area (Å²) in [6, 6.07) is 7.64. The minimum atomic E-state index is -5.27. The number of ether oxygens (including phenoxy) is 2. The highest BCUT2D eigenvalue weighted by molar-refractivity contribution is 5.91. The SMILES string of the molecule is COC(=O)N(Cc1cc(C(F)(F)F)c(-c2ccccc2)c(C(F)(F)F)c1)C1CC(C2CC2)N(C(=O)OC(C)C)c2ccc(C(F)(F)F)cc21. The largest absolute Gasteiger partial charge is 0.453 e. The van der Waals surface area contributed by atoms with E-state index in [9.17, 15) is 49.1 Å². The summed E-state index contributed by atoms with van der Waals surface area (Å²) in [5.74, 6) is -0.157. The number of hydrogen-bond donors (Lipinski definition) is 0. The molecule has 0 spiro atoms. The van der Waals surface area contributed by atoms with Gasteiger partial charge in [-0.05, 0) is 86.1 Å². The monoisotopic (exact) mass is 702 g/mol. The number of fused-ring (bicyclic) bond motifs is 1. The Morgan fingerprint density at radius 3 is 1.94 bits per heavy atom. The molecule has 49 heavy (non-hydrogen) atoms. The van der Waals surface area contributed by atoms with E-state index in [0.29, 0.717) is 25.0 Å². The lowest BCUT2D eigenvalue weighted by Gasteiger charge is -2.44. The number of anilines is 1. The molecule has 5 rings (SSSR count). The molecule has 0 radical (unpaired) electrons. The van der Waals surface area contributed by atoms with E-state index in [-0.39, 0.29) is 29.2 Å². The first-order valence-corrected chi connectivity index (χ1v) is 15.2. The summed E-state index contributed by atoms with van der Waals surface area (Å²) >= 11 is 0. The van der Waals surface area contributed by atoms with Crippen molar-refractivity contribution in [3.8, 4) is 11.1 Å². The Kier molecular flexibility index (Phi) is 9.60. The van der Waals surface area contributed by atoms with Gasteiger partial charge in [-0.25, -0.2) is 9.59 Å². The van der Waals surface area contributed by atoms with E-state index in [0.717, 1.165) is 42.3 Å². The van der Waals surface area contributed by atoms with Crippen molar-refractivity contribution in [2.24, 2.45) is 5.92 Å². The van der Waals surface area contributed by atoms with Gasteiger partial charge in [-0.2, -0.15) is 39.5 Å². The number of amides is 2. The van der Waals surface area contributed by atoms with Gasteiger partial charge in [0, 0.05) is 18.2 Å². The van der Waals surface area contributed by atoms with Gasteiger partial charge >= 0.3 is 30.7 Å². The van der Waals surface area contributed by atoms with Gasteiger partial charge in [0.25, 0.3) is 0 Å². The highest BCUT2D eigenvalue weighted by atomic mass is 19.4. The van der Waals surface area contributed by atoms with Crippen LogP contribution in [0.1, 0.15) is 67.0 Å². The number of carbonyl (C=O) groups is 2. The summed E-state index contributed by atoms with van der Waals surface area (Å²) in [5, 5.41) is 0. The molecule has 3 aromatic carbocycles. The molecule has 1 heterocycles. The third kappa shape index (κ3) is 7.59. The maximum atomic E-state index is 14.5. The third-order valence-electron chi connectivity index (χ3n) is 8.48. The van der Waals surface area contributed by atoms with Crippen LogP contribution in [-0.4, -0.2) is 36.3 Å². The second kappa shape index (κ2) is 13.1. The van der Waals surface area contributed by atoms with Crippen molar-refractivity contribution in [2.45, 2.75) is 76.4 Å². The number of nitrogens with zero attached hydrogens (tertiary/aromatic N) is 2. The fourth-order valence-electron chi connectivity index (χ4n) is 6.30. The van der Waals surface area contributed by atoms with Crippen LogP contribution in [0, 0.1) is 5.92 Å². The average Bonchev–Trinajstić information content (AvgIpc) is 3.86. The molecule has 2 unspecified atom stereocenters. The van der Waals surface area contributed by atoms with Crippen molar-refractivity contribution in [1.29, 1.82) is 0 Å². The van der Waals surface area contributed by atoms with Crippen LogP contribution in [0.2, 0.25) is 0 Å². The molecule has 264 valence electrons. The van der Waals surface area contributed by atoms with Crippen LogP contribution < -0.4 is 4.90 Å². The van der Waals surface area contributed by atoms with Crippen LogP contribution >= 0.6 is 0 Å². The van der Waals surface area contributed by atoms with Gasteiger partial charge in [-0.15, -0.1) is 0 Å². The molecular weight excluding hydrogens is 671 g/mol. The zero-order valence-corrected chi connectivity index (χ0v) is 26.3. The summed E-state index contributed by atoms with van der Waals surface area (Å²) in [4.78, 5) is 28.7. The fourth-order valence-corrected chi connectivity index (χ4v) is 6.30. The van der Waals surface area contributed by atoms with Gasteiger partial charge < -0.3 is 9.47 Å². The summed E-state index contributed by atoms with van der Waals surface area (Å²) in [7, 11) is 0.927. The average molecular weight is 703 g/mol. The van der Waals surface area contributed by atoms with Crippen LogP contribution in [0.15, 0.2) is 60.7 Å². The summed E-state index contributed by atoms with van der Waals surface area (Å²) in [6.45, 7) is 2.26. The maximum absolute atomic E-state index is 14.5. The second-order valence-electron chi connectivity index (χ2n) is 12.3. The van der Waals surface area contributed by atoms with E-state index >= 15 is 0 Å². The van der Waals surface area contributed by atoms with Gasteiger partial charge in [0.05, 0.1) is 41.6 Å². The molecule has 1 aliphatic carbocycles. The third-order valence-corrected chi connectivity index (χ3v) is 8.48. The van der Waals surface area contributed by atoms with E-state index in [1.165, 1.54) is 23.1 Å². The molecule has 0 aromatic heterocycles. The van der Waals surface area contributed by atoms with Gasteiger partial charge in [0.15, 0.2) is 0 Å². The summed E-state index contributed by atoms with van der Waals surface area (Å²) in [5.41, 5.74) is -6.67. The highest BCUT2D eigenvalue weighted by Gasteiger charge is 2.48. The molecule has 0 N–H and O–H groups in total. The Morgan fingerprint density at radius 1 is 0.857 bits per heavy atom. The minimum absolute atomic E-state index is 0.0351. The zero-order valence-electron chi connectivity index (χ0n) is 26.3.